The molecular weight excluding hydrogens is 995 g/mol. The quantitative estimate of drug-likeness (QED) is 0.0761. The summed E-state index contributed by atoms with van der Waals surface area (Å²) in [6, 6.07) is 12.1. The van der Waals surface area contributed by atoms with Crippen LogP contribution in [0.1, 0.15) is 44.8 Å². The first-order valence-electron chi connectivity index (χ1n) is 20.6. The number of aromatic nitrogens is 2. The van der Waals surface area contributed by atoms with E-state index in [1.54, 1.807) is 0 Å². The van der Waals surface area contributed by atoms with Crippen molar-refractivity contribution < 1.29 is 60.7 Å². The molecule has 2 aromatic heterocycles. The molecule has 364 valence electrons. The van der Waals surface area contributed by atoms with Crippen LogP contribution in [0, 0.1) is 85.9 Å². The van der Waals surface area contributed by atoms with Crippen LogP contribution in [0.3, 0.4) is 0 Å². The Hall–Kier alpha value is -5.14. The van der Waals surface area contributed by atoms with Crippen molar-refractivity contribution in [2.45, 2.75) is 50.3 Å². The summed E-state index contributed by atoms with van der Waals surface area (Å²) in [7, 11) is -9.88. The minimum Gasteiger partial charge on any atom is -0.345 e. The van der Waals surface area contributed by atoms with E-state index in [0.717, 1.165) is 28.1 Å². The van der Waals surface area contributed by atoms with Gasteiger partial charge in [0.25, 0.3) is 0 Å². The van der Waals surface area contributed by atoms with Gasteiger partial charge in [0.15, 0.2) is 66.6 Å². The predicted molar refractivity (Wildman–Crippen MR) is 236 cm³/mol. The fourth-order valence-corrected chi connectivity index (χ4v) is 12.5. The van der Waals surface area contributed by atoms with Crippen LogP contribution in [0.2, 0.25) is 0 Å². The van der Waals surface area contributed by atoms with Crippen molar-refractivity contribution in [3.8, 4) is 0 Å². The van der Waals surface area contributed by atoms with Gasteiger partial charge in [0.1, 0.15) is 0 Å². The van der Waals surface area contributed by atoms with Gasteiger partial charge >= 0.3 is 0 Å². The van der Waals surface area contributed by atoms with Gasteiger partial charge in [-0.25, -0.2) is 70.7 Å². The van der Waals surface area contributed by atoms with Gasteiger partial charge in [-0.15, -0.1) is 22.7 Å². The first-order valence-corrected chi connectivity index (χ1v) is 25.2. The zero-order chi connectivity index (χ0) is 49.6. The molecule has 0 radical (unpaired) electrons. The molecule has 2 saturated heterocycles. The Labute approximate surface area is 393 Å². The molecule has 0 N–H and O–H groups in total. The zero-order valence-electron chi connectivity index (χ0n) is 36.4. The maximum absolute atomic E-state index is 14.1. The highest BCUT2D eigenvalue weighted by molar-refractivity contribution is 7.89. The van der Waals surface area contributed by atoms with E-state index in [4.69, 9.17) is 0 Å². The van der Waals surface area contributed by atoms with Crippen LogP contribution in [0.15, 0.2) is 56.9 Å². The SMILES string of the molecule is Cc1cccc(C)c1Cc1csc(N2CCN(S(=O)(=O)c3c(F)c(F)c(F)c(F)c3F)CC2)n1.Cc1cccc(Cc2csc(N3CCN(S(=O)(=O)c4c(F)c(F)c(F)c(F)c4F)CC3)n2)c1C. The summed E-state index contributed by atoms with van der Waals surface area (Å²) in [6.07, 6.45) is 1.28. The van der Waals surface area contributed by atoms with Crippen molar-refractivity contribution in [1.29, 1.82) is 0 Å². The molecule has 0 aliphatic carbocycles. The topological polar surface area (TPSA) is 107 Å². The average Bonchev–Trinajstić information content (AvgIpc) is 4.00. The van der Waals surface area contributed by atoms with Gasteiger partial charge in [0, 0.05) is 76.0 Å². The Kier molecular flexibility index (Phi) is 15.0. The van der Waals surface area contributed by atoms with Crippen LogP contribution < -0.4 is 9.80 Å². The molecule has 0 saturated carbocycles. The lowest BCUT2D eigenvalue weighted by atomic mass is 9.99. The second kappa shape index (κ2) is 20.1. The maximum Gasteiger partial charge on any atom is 0.249 e. The van der Waals surface area contributed by atoms with E-state index in [1.165, 1.54) is 39.4 Å². The van der Waals surface area contributed by atoms with Crippen LogP contribution in [-0.2, 0) is 32.9 Å². The fraction of sp³-hybridized carbons (Fsp3) is 0.318. The number of thiazole rings is 2. The van der Waals surface area contributed by atoms with Crippen molar-refractivity contribution in [2.24, 2.45) is 0 Å². The molecule has 8 rings (SSSR count). The lowest BCUT2D eigenvalue weighted by Crippen LogP contribution is -2.49. The van der Waals surface area contributed by atoms with E-state index in [2.05, 4.69) is 9.97 Å². The van der Waals surface area contributed by atoms with Gasteiger partial charge in [-0.3, -0.25) is 0 Å². The molecule has 2 fully saturated rings. The molecule has 6 aromatic rings. The molecule has 0 amide bonds. The molecule has 10 nitrogen and oxygen atoms in total. The Morgan fingerprint density at radius 1 is 0.471 bits per heavy atom. The van der Waals surface area contributed by atoms with E-state index in [-0.39, 0.29) is 52.4 Å². The summed E-state index contributed by atoms with van der Waals surface area (Å²) >= 11 is 2.78. The lowest BCUT2D eigenvalue weighted by Gasteiger charge is -2.33. The number of piperazine rings is 2. The monoisotopic (exact) mass is 1030 g/mol. The molecule has 0 unspecified atom stereocenters. The summed E-state index contributed by atoms with van der Waals surface area (Å²) in [5.74, 6) is -23.5. The summed E-state index contributed by atoms with van der Waals surface area (Å²) in [4.78, 5) is 9.24. The van der Waals surface area contributed by atoms with E-state index in [1.807, 2.05) is 84.7 Å². The van der Waals surface area contributed by atoms with Crippen molar-refractivity contribution >= 4 is 53.0 Å². The highest BCUT2D eigenvalue weighted by Crippen LogP contribution is 2.33. The molecule has 4 heterocycles. The average molecular weight is 1040 g/mol. The number of nitrogens with zero attached hydrogens (tertiary/aromatic N) is 6. The third kappa shape index (κ3) is 9.84. The second-order valence-electron chi connectivity index (χ2n) is 15.9. The number of sulfonamides is 2. The third-order valence-corrected chi connectivity index (χ3v) is 17.5. The van der Waals surface area contributed by atoms with E-state index >= 15 is 0 Å². The van der Waals surface area contributed by atoms with Crippen LogP contribution in [0.4, 0.5) is 54.2 Å². The minimum absolute atomic E-state index is 0.144. The van der Waals surface area contributed by atoms with Gasteiger partial charge in [0.2, 0.25) is 31.7 Å². The molecule has 0 bridgehead atoms. The largest absolute Gasteiger partial charge is 0.345 e. The Balaban J connectivity index is 0.000000201. The van der Waals surface area contributed by atoms with Gasteiger partial charge in [-0.1, -0.05) is 36.4 Å². The van der Waals surface area contributed by atoms with E-state index < -0.39 is 88.0 Å². The van der Waals surface area contributed by atoms with Crippen molar-refractivity contribution in [2.75, 3.05) is 62.2 Å². The zero-order valence-corrected chi connectivity index (χ0v) is 39.7. The first-order chi connectivity index (χ1) is 32.0. The van der Waals surface area contributed by atoms with Crippen LogP contribution in [0.25, 0.3) is 0 Å². The molecule has 0 atom stereocenters. The Morgan fingerprint density at radius 3 is 1.21 bits per heavy atom. The number of hydrogen-bond donors (Lipinski definition) is 0. The number of anilines is 2. The number of benzene rings is 4. The van der Waals surface area contributed by atoms with Gasteiger partial charge < -0.3 is 9.80 Å². The molecule has 0 spiro atoms. The van der Waals surface area contributed by atoms with Crippen LogP contribution in [0.5, 0.6) is 0 Å². The van der Waals surface area contributed by atoms with Crippen molar-refractivity contribution in [1.82, 2.24) is 18.6 Å². The second-order valence-corrected chi connectivity index (χ2v) is 21.3. The number of rotatable bonds is 10. The molecule has 24 heteroatoms. The molecule has 2 aliphatic rings. The number of hydrogen-bond acceptors (Lipinski definition) is 10. The molecule has 2 aliphatic heterocycles. The van der Waals surface area contributed by atoms with Gasteiger partial charge in [-0.05, 0) is 61.1 Å². The Bertz CT molecular complexity index is 3040. The first kappa shape index (κ1) is 50.7. The van der Waals surface area contributed by atoms with Crippen molar-refractivity contribution in [3.05, 3.63) is 150 Å². The van der Waals surface area contributed by atoms with E-state index in [0.29, 0.717) is 31.7 Å². The highest BCUT2D eigenvalue weighted by Gasteiger charge is 2.40. The molecule has 68 heavy (non-hydrogen) atoms. The summed E-state index contributed by atoms with van der Waals surface area (Å²) in [5, 5.41) is 5.15. The fourth-order valence-electron chi connectivity index (χ4n) is 7.67. The Morgan fingerprint density at radius 2 is 0.809 bits per heavy atom. The number of aryl methyl sites for hydroxylation is 3. The minimum atomic E-state index is -4.94. The van der Waals surface area contributed by atoms with Gasteiger partial charge in [-0.2, -0.15) is 8.61 Å². The van der Waals surface area contributed by atoms with E-state index in [9.17, 15) is 60.7 Å². The summed E-state index contributed by atoms with van der Waals surface area (Å²) in [5.41, 5.74) is 8.71. The smallest absolute Gasteiger partial charge is 0.249 e. The normalized spacial score (nSPS) is 15.2. The van der Waals surface area contributed by atoms with Crippen LogP contribution >= 0.6 is 22.7 Å². The summed E-state index contributed by atoms with van der Waals surface area (Å²) < 4.78 is 189. The third-order valence-electron chi connectivity index (χ3n) is 11.7. The highest BCUT2D eigenvalue weighted by atomic mass is 32.2. The van der Waals surface area contributed by atoms with Crippen LogP contribution in [-0.4, -0.2) is 87.8 Å². The lowest BCUT2D eigenvalue weighted by molar-refractivity contribution is 0.344. The molecule has 4 aromatic carbocycles. The maximum atomic E-state index is 14.1. The van der Waals surface area contributed by atoms with Crippen molar-refractivity contribution in [3.63, 3.8) is 0 Å². The standard InChI is InChI=1S/2C22H20F5N3O2S2/c1-12-4-3-5-14(13(12)2)10-15-11-33-22(28-15)29-6-8-30(9-7-29)34(31,32)21-19(26)17(24)16(23)18(25)20(21)27;1-12-4-3-5-13(2)15(12)10-14-11-33-22(28-14)29-6-8-30(9-7-29)34(31,32)21-19(26)17(24)16(23)18(25)20(21)27/h2*3-5,11H,6-10H2,1-2H3. The molecular formula is C44H40F10N6O4S4. The van der Waals surface area contributed by atoms with Gasteiger partial charge in [0.05, 0.1) is 11.4 Å². The predicted octanol–water partition coefficient (Wildman–Crippen LogP) is 9.11. The summed E-state index contributed by atoms with van der Waals surface area (Å²) in [6.45, 7) is 7.90. The number of halogens is 10.